The molecule has 0 aromatic heterocycles. The molecule has 0 spiro atoms. The van der Waals surface area contributed by atoms with Crippen LogP contribution in [0.2, 0.25) is 0 Å². The number of halogens is 2. The van der Waals surface area contributed by atoms with E-state index in [-0.39, 0.29) is 12.5 Å². The number of ether oxygens (including phenoxy) is 1. The molecule has 0 saturated carbocycles. The predicted molar refractivity (Wildman–Crippen MR) is 36.7 cm³/mol. The summed E-state index contributed by atoms with van der Waals surface area (Å²) in [4.78, 5) is 10.3. The highest BCUT2D eigenvalue weighted by molar-refractivity contribution is 6.26. The van der Waals surface area contributed by atoms with Crippen molar-refractivity contribution in [3.05, 3.63) is 11.6 Å². The Kier molecular flexibility index (Phi) is 5.78. The number of hydrogen-bond acceptors (Lipinski definition) is 2. The highest BCUT2D eigenvalue weighted by Gasteiger charge is 1.94. The third-order valence-electron chi connectivity index (χ3n) is 0.539. The van der Waals surface area contributed by atoms with Crippen molar-refractivity contribution in [2.45, 2.75) is 0 Å². The second-order valence-electron chi connectivity index (χ2n) is 1.18. The minimum atomic E-state index is -0.438. The standard InChI is InChI=1S/C5H6Cl2O2/c6-2-1-3-9-5(8)4-7/h1-2H,3-4H2/b2-1-. The maximum absolute atomic E-state index is 10.3. The predicted octanol–water partition coefficient (Wildman–Crippen LogP) is 1.52. The summed E-state index contributed by atoms with van der Waals surface area (Å²) >= 11 is 10.2. The lowest BCUT2D eigenvalue weighted by Crippen LogP contribution is -2.04. The molecule has 0 aromatic carbocycles. The summed E-state index contributed by atoms with van der Waals surface area (Å²) < 4.78 is 4.49. The SMILES string of the molecule is O=C(CCl)OC/C=C\Cl. The molecule has 0 amide bonds. The average Bonchev–Trinajstić information content (AvgIpc) is 1.89. The van der Waals surface area contributed by atoms with E-state index >= 15 is 0 Å². The van der Waals surface area contributed by atoms with Crippen molar-refractivity contribution in [3.63, 3.8) is 0 Å². The zero-order valence-electron chi connectivity index (χ0n) is 4.64. The van der Waals surface area contributed by atoms with Gasteiger partial charge in [0.1, 0.15) is 12.5 Å². The molecule has 0 radical (unpaired) electrons. The van der Waals surface area contributed by atoms with Crippen molar-refractivity contribution in [1.29, 1.82) is 0 Å². The number of carbonyl (C=O) groups is 1. The van der Waals surface area contributed by atoms with Gasteiger partial charge in [0.15, 0.2) is 0 Å². The first-order chi connectivity index (χ1) is 4.31. The van der Waals surface area contributed by atoms with Gasteiger partial charge in [-0.1, -0.05) is 11.6 Å². The van der Waals surface area contributed by atoms with Gasteiger partial charge in [-0.3, -0.25) is 4.79 Å². The summed E-state index contributed by atoms with van der Waals surface area (Å²) in [6.45, 7) is 0.190. The fraction of sp³-hybridized carbons (Fsp3) is 0.400. The summed E-state index contributed by atoms with van der Waals surface area (Å²) in [5.41, 5.74) is 1.28. The van der Waals surface area contributed by atoms with Crippen LogP contribution in [-0.2, 0) is 9.53 Å². The van der Waals surface area contributed by atoms with Gasteiger partial charge in [0.25, 0.3) is 0 Å². The molecular formula is C5H6Cl2O2. The Hall–Kier alpha value is -0.210. The topological polar surface area (TPSA) is 26.3 Å². The molecule has 9 heavy (non-hydrogen) atoms. The van der Waals surface area contributed by atoms with E-state index in [4.69, 9.17) is 23.2 Å². The Bertz CT molecular complexity index is 112. The normalized spacial score (nSPS) is 10.0. The van der Waals surface area contributed by atoms with E-state index in [1.165, 1.54) is 11.6 Å². The molecule has 2 nitrogen and oxygen atoms in total. The van der Waals surface area contributed by atoms with E-state index in [0.29, 0.717) is 0 Å². The van der Waals surface area contributed by atoms with Crippen molar-refractivity contribution in [2.24, 2.45) is 0 Å². The van der Waals surface area contributed by atoms with Crippen LogP contribution in [0.4, 0.5) is 0 Å². The maximum atomic E-state index is 10.3. The van der Waals surface area contributed by atoms with Crippen LogP contribution in [0.1, 0.15) is 0 Å². The van der Waals surface area contributed by atoms with Crippen LogP contribution in [0, 0.1) is 0 Å². The first kappa shape index (κ1) is 8.79. The van der Waals surface area contributed by atoms with E-state index in [2.05, 4.69) is 4.74 Å². The summed E-state index contributed by atoms with van der Waals surface area (Å²) in [5.74, 6) is -0.553. The van der Waals surface area contributed by atoms with Crippen LogP contribution in [-0.4, -0.2) is 18.5 Å². The number of carbonyl (C=O) groups excluding carboxylic acids is 1. The monoisotopic (exact) mass is 168 g/mol. The van der Waals surface area contributed by atoms with Crippen molar-refractivity contribution < 1.29 is 9.53 Å². The van der Waals surface area contributed by atoms with Gasteiger partial charge in [-0.05, 0) is 6.08 Å². The number of rotatable bonds is 3. The average molecular weight is 169 g/mol. The molecule has 0 saturated heterocycles. The van der Waals surface area contributed by atoms with Crippen LogP contribution in [0.25, 0.3) is 0 Å². The highest BCUT2D eigenvalue weighted by Crippen LogP contribution is 1.84. The first-order valence-electron chi connectivity index (χ1n) is 2.28. The Labute approximate surface area is 63.4 Å². The van der Waals surface area contributed by atoms with Gasteiger partial charge in [0.05, 0.1) is 0 Å². The molecule has 0 aliphatic rings. The zero-order valence-corrected chi connectivity index (χ0v) is 6.15. The van der Waals surface area contributed by atoms with Gasteiger partial charge >= 0.3 is 5.97 Å². The van der Waals surface area contributed by atoms with Crippen molar-refractivity contribution in [2.75, 3.05) is 12.5 Å². The Morgan fingerprint density at radius 1 is 1.67 bits per heavy atom. The molecule has 0 heterocycles. The van der Waals surface area contributed by atoms with Crippen LogP contribution in [0.5, 0.6) is 0 Å². The number of hydrogen-bond donors (Lipinski definition) is 0. The van der Waals surface area contributed by atoms with E-state index in [0.717, 1.165) is 0 Å². The van der Waals surface area contributed by atoms with Crippen LogP contribution < -0.4 is 0 Å². The number of esters is 1. The molecule has 0 N–H and O–H groups in total. The maximum Gasteiger partial charge on any atom is 0.321 e. The second-order valence-corrected chi connectivity index (χ2v) is 1.70. The van der Waals surface area contributed by atoms with Crippen molar-refractivity contribution in [3.8, 4) is 0 Å². The Morgan fingerprint density at radius 3 is 2.78 bits per heavy atom. The summed E-state index contributed by atoms with van der Waals surface area (Å²) in [6.07, 6.45) is 1.51. The molecule has 52 valence electrons. The summed E-state index contributed by atoms with van der Waals surface area (Å²) in [7, 11) is 0. The minimum absolute atomic E-state index is 0.115. The van der Waals surface area contributed by atoms with Gasteiger partial charge in [-0.15, -0.1) is 11.6 Å². The van der Waals surface area contributed by atoms with Crippen molar-refractivity contribution >= 4 is 29.2 Å². The minimum Gasteiger partial charge on any atom is -0.461 e. The van der Waals surface area contributed by atoms with E-state index in [9.17, 15) is 4.79 Å². The van der Waals surface area contributed by atoms with Gasteiger partial charge in [-0.25, -0.2) is 0 Å². The Balaban J connectivity index is 3.17. The number of alkyl halides is 1. The molecule has 0 fully saturated rings. The van der Waals surface area contributed by atoms with Crippen molar-refractivity contribution in [1.82, 2.24) is 0 Å². The fourth-order valence-corrected chi connectivity index (χ4v) is 0.366. The van der Waals surface area contributed by atoms with Crippen LogP contribution >= 0.6 is 23.2 Å². The zero-order chi connectivity index (χ0) is 7.11. The van der Waals surface area contributed by atoms with Gasteiger partial charge in [0, 0.05) is 5.54 Å². The van der Waals surface area contributed by atoms with Gasteiger partial charge in [-0.2, -0.15) is 0 Å². The third kappa shape index (κ3) is 5.66. The Morgan fingerprint density at radius 2 is 2.33 bits per heavy atom. The highest BCUT2D eigenvalue weighted by atomic mass is 35.5. The summed E-state index contributed by atoms with van der Waals surface area (Å²) in [5, 5.41) is 0. The molecule has 0 atom stereocenters. The van der Waals surface area contributed by atoms with Gasteiger partial charge < -0.3 is 4.74 Å². The fourth-order valence-electron chi connectivity index (χ4n) is 0.216. The second kappa shape index (κ2) is 5.92. The molecule has 4 heteroatoms. The first-order valence-corrected chi connectivity index (χ1v) is 3.25. The largest absolute Gasteiger partial charge is 0.461 e. The molecule has 0 aliphatic heterocycles. The molecular weight excluding hydrogens is 163 g/mol. The summed E-state index contributed by atoms with van der Waals surface area (Å²) in [6, 6.07) is 0. The molecule has 0 unspecified atom stereocenters. The molecule has 0 rings (SSSR count). The van der Waals surface area contributed by atoms with E-state index < -0.39 is 5.97 Å². The van der Waals surface area contributed by atoms with E-state index in [1.54, 1.807) is 0 Å². The lowest BCUT2D eigenvalue weighted by atomic mass is 10.7. The van der Waals surface area contributed by atoms with Gasteiger partial charge in [0.2, 0.25) is 0 Å². The van der Waals surface area contributed by atoms with Crippen LogP contribution in [0.15, 0.2) is 11.6 Å². The van der Waals surface area contributed by atoms with E-state index in [1.807, 2.05) is 0 Å². The quantitative estimate of drug-likeness (QED) is 0.472. The van der Waals surface area contributed by atoms with Crippen LogP contribution in [0.3, 0.4) is 0 Å². The smallest absolute Gasteiger partial charge is 0.321 e. The molecule has 0 bridgehead atoms. The third-order valence-corrected chi connectivity index (χ3v) is 0.935. The molecule has 0 aromatic rings. The lowest BCUT2D eigenvalue weighted by Gasteiger charge is -1.94. The lowest BCUT2D eigenvalue weighted by molar-refractivity contribution is -0.139. The molecule has 0 aliphatic carbocycles.